The van der Waals surface area contributed by atoms with E-state index in [-0.39, 0.29) is 13.2 Å². The van der Waals surface area contributed by atoms with Crippen LogP contribution in [0.3, 0.4) is 0 Å². The zero-order valence-corrected chi connectivity index (χ0v) is 34.8. The number of rotatable bonds is 9. The normalized spacial score (nSPS) is 22.3. The molecule has 10 rings (SSSR count). The summed E-state index contributed by atoms with van der Waals surface area (Å²) >= 11 is 1.31. The van der Waals surface area contributed by atoms with Crippen molar-refractivity contribution in [2.75, 3.05) is 31.0 Å². The highest BCUT2D eigenvalue weighted by Gasteiger charge is 2.74. The molecule has 6 aromatic carbocycles. The number of para-hydroxylation sites is 1. The van der Waals surface area contributed by atoms with Crippen molar-refractivity contribution in [3.05, 3.63) is 185 Å². The van der Waals surface area contributed by atoms with Crippen LogP contribution in [0.5, 0.6) is 11.5 Å². The number of benzene rings is 6. The van der Waals surface area contributed by atoms with Crippen LogP contribution >= 0.6 is 11.3 Å². The number of morpholine rings is 1. The Morgan fingerprint density at radius 3 is 2.19 bits per heavy atom. The number of aliphatic hydroxyl groups excluding tert-OH is 1. The van der Waals surface area contributed by atoms with Gasteiger partial charge in [0.05, 0.1) is 41.9 Å². The van der Waals surface area contributed by atoms with Gasteiger partial charge in [0.2, 0.25) is 11.8 Å². The molecular weight excluding hydrogens is 813 g/mol. The fourth-order valence-electron chi connectivity index (χ4n) is 9.51. The van der Waals surface area contributed by atoms with Gasteiger partial charge in [-0.25, -0.2) is 4.98 Å². The van der Waals surface area contributed by atoms with E-state index >= 15 is 14.4 Å². The second-order valence-electron chi connectivity index (χ2n) is 15.6. The predicted octanol–water partition coefficient (Wildman–Crippen LogP) is 7.99. The first kappa shape index (κ1) is 39.8. The van der Waals surface area contributed by atoms with Gasteiger partial charge < -0.3 is 30.0 Å². The number of nitrogens with one attached hydrogen (secondary N) is 2. The lowest BCUT2D eigenvalue weighted by atomic mass is 9.65. The summed E-state index contributed by atoms with van der Waals surface area (Å²) in [4.78, 5) is 53.1. The summed E-state index contributed by atoms with van der Waals surface area (Å²) in [6.07, 6.45) is -0.819. The van der Waals surface area contributed by atoms with Crippen LogP contribution < -0.4 is 20.1 Å². The molecule has 1 spiro atoms. The Hall–Kier alpha value is -7.30. The van der Waals surface area contributed by atoms with Crippen molar-refractivity contribution in [1.29, 1.82) is 0 Å². The number of methoxy groups -OCH3 is 1. The summed E-state index contributed by atoms with van der Waals surface area (Å²) in [5, 5.41) is 16.1. The number of carbonyl (C=O) groups is 3. The van der Waals surface area contributed by atoms with Gasteiger partial charge in [-0.2, -0.15) is 0 Å². The standard InChI is InChI=1S/C51H40N4O7S/c1-60-36-23-18-31(19-24-36)16-17-32-20-27-39-38(30-32)51(49(59)52-39)42(47(57)54-50-53-40-14-8-9-15-41(40)63-50)44-48(58)62-45(34-12-6-3-7-13-34)43(33-10-4-2-5-11-33)55(44)46(51)35-21-25-37(26-22-35)61-29-28-56/h2-15,18-27,30,42-46,56H,28-29H2,1H3,(H,52,59)(H,53,54,57)/t42-,43-,44-,45+,46+,51-/m1/s1. The number of aromatic nitrogens is 1. The van der Waals surface area contributed by atoms with E-state index in [4.69, 9.17) is 19.2 Å². The Kier molecular flexibility index (Phi) is 10.4. The molecule has 2 saturated heterocycles. The van der Waals surface area contributed by atoms with Crippen LogP contribution in [0.1, 0.15) is 51.6 Å². The van der Waals surface area contributed by atoms with Crippen molar-refractivity contribution in [2.45, 2.75) is 29.6 Å². The van der Waals surface area contributed by atoms with Gasteiger partial charge in [0.15, 0.2) is 5.13 Å². The SMILES string of the molecule is COc1ccc(C#Cc2ccc3c(c2)[C@]2(C(=O)N3)[C@H](c3ccc(OCCO)cc3)N3[C@H](c4ccccc4)[C@H](c4ccccc4)OC(=O)[C@H]3[C@@H]2C(=O)Nc2nc3ccccc3s2)cc1. The van der Waals surface area contributed by atoms with Gasteiger partial charge in [-0.05, 0) is 89.0 Å². The van der Waals surface area contributed by atoms with E-state index in [1.165, 1.54) is 11.3 Å². The molecule has 2 fully saturated rings. The Balaban J connectivity index is 1.22. The number of ether oxygens (including phenoxy) is 3. The van der Waals surface area contributed by atoms with Crippen LogP contribution in [0, 0.1) is 17.8 Å². The average Bonchev–Trinajstić information content (AvgIpc) is 3.98. The molecule has 7 aromatic rings. The minimum absolute atomic E-state index is 0.0890. The van der Waals surface area contributed by atoms with Gasteiger partial charge >= 0.3 is 5.97 Å². The van der Waals surface area contributed by atoms with Crippen molar-refractivity contribution in [3.8, 4) is 23.3 Å². The number of hydrogen-bond donors (Lipinski definition) is 3. The molecule has 3 N–H and O–H groups in total. The van der Waals surface area contributed by atoms with Gasteiger partial charge in [0.25, 0.3) is 0 Å². The first-order valence-electron chi connectivity index (χ1n) is 20.6. The minimum atomic E-state index is -1.73. The Morgan fingerprint density at radius 2 is 1.48 bits per heavy atom. The van der Waals surface area contributed by atoms with E-state index in [0.717, 1.165) is 21.4 Å². The lowest BCUT2D eigenvalue weighted by molar-refractivity contribution is -0.177. The third-order valence-electron chi connectivity index (χ3n) is 12.1. The van der Waals surface area contributed by atoms with Crippen LogP contribution in [-0.4, -0.2) is 59.1 Å². The molecule has 312 valence electrons. The van der Waals surface area contributed by atoms with Crippen molar-refractivity contribution < 1.29 is 33.7 Å². The molecule has 0 bridgehead atoms. The maximum atomic E-state index is 15.6. The van der Waals surface area contributed by atoms with E-state index in [0.29, 0.717) is 44.5 Å². The van der Waals surface area contributed by atoms with Gasteiger partial charge in [-0.15, -0.1) is 0 Å². The molecule has 12 heteroatoms. The van der Waals surface area contributed by atoms with E-state index in [1.807, 2.05) is 144 Å². The fraction of sp³-hybridized carbons (Fsp3) is 0.176. The molecule has 63 heavy (non-hydrogen) atoms. The van der Waals surface area contributed by atoms with Crippen molar-refractivity contribution in [1.82, 2.24) is 9.88 Å². The molecule has 1 aromatic heterocycles. The molecule has 2 amide bonds. The summed E-state index contributed by atoms with van der Waals surface area (Å²) in [7, 11) is 1.61. The van der Waals surface area contributed by atoms with Crippen molar-refractivity contribution in [3.63, 3.8) is 0 Å². The van der Waals surface area contributed by atoms with E-state index in [2.05, 4.69) is 22.5 Å². The molecule has 0 radical (unpaired) electrons. The average molecular weight is 853 g/mol. The molecular formula is C51H40N4O7S. The van der Waals surface area contributed by atoms with Crippen molar-refractivity contribution in [2.24, 2.45) is 5.92 Å². The van der Waals surface area contributed by atoms with E-state index in [9.17, 15) is 5.11 Å². The number of nitrogens with zero attached hydrogens (tertiary/aromatic N) is 2. The van der Waals surface area contributed by atoms with Crippen LogP contribution in [0.4, 0.5) is 10.8 Å². The molecule has 4 heterocycles. The van der Waals surface area contributed by atoms with Crippen LogP contribution in [0.15, 0.2) is 152 Å². The Labute approximate surface area is 367 Å². The molecule has 3 aliphatic heterocycles. The summed E-state index contributed by atoms with van der Waals surface area (Å²) in [6.45, 7) is -0.0808. The number of amides is 2. The van der Waals surface area contributed by atoms with Gasteiger partial charge in [-0.1, -0.05) is 108 Å². The highest BCUT2D eigenvalue weighted by molar-refractivity contribution is 7.22. The molecule has 0 saturated carbocycles. The van der Waals surface area contributed by atoms with E-state index in [1.54, 1.807) is 19.2 Å². The summed E-state index contributed by atoms with van der Waals surface area (Å²) in [5.41, 5.74) is 3.61. The quantitative estimate of drug-likeness (QED) is 0.0975. The molecule has 3 aliphatic rings. The highest BCUT2D eigenvalue weighted by atomic mass is 32.1. The van der Waals surface area contributed by atoms with Crippen molar-refractivity contribution >= 4 is 50.2 Å². The zero-order valence-electron chi connectivity index (χ0n) is 33.9. The topological polar surface area (TPSA) is 139 Å². The summed E-state index contributed by atoms with van der Waals surface area (Å²) < 4.78 is 18.5. The first-order chi connectivity index (χ1) is 30.9. The van der Waals surface area contributed by atoms with Crippen LogP contribution in [-0.2, 0) is 24.5 Å². The number of thiazole rings is 1. The zero-order chi connectivity index (χ0) is 43.1. The minimum Gasteiger partial charge on any atom is -0.497 e. The number of anilines is 2. The highest BCUT2D eigenvalue weighted by Crippen LogP contribution is 2.65. The summed E-state index contributed by atoms with van der Waals surface area (Å²) in [6, 6.07) is 44.2. The number of esters is 1. The molecule has 0 unspecified atom stereocenters. The molecule has 0 aliphatic carbocycles. The molecule has 11 nitrogen and oxygen atoms in total. The van der Waals surface area contributed by atoms with Gasteiger partial charge in [0.1, 0.15) is 35.7 Å². The monoisotopic (exact) mass is 852 g/mol. The largest absolute Gasteiger partial charge is 0.497 e. The maximum absolute atomic E-state index is 15.6. The van der Waals surface area contributed by atoms with Crippen LogP contribution in [0.2, 0.25) is 0 Å². The molecule has 6 atom stereocenters. The second kappa shape index (κ2) is 16.5. The third kappa shape index (κ3) is 6.96. The Morgan fingerprint density at radius 1 is 0.810 bits per heavy atom. The maximum Gasteiger partial charge on any atom is 0.324 e. The smallest absolute Gasteiger partial charge is 0.324 e. The number of carbonyl (C=O) groups excluding carboxylic acids is 3. The van der Waals surface area contributed by atoms with Gasteiger partial charge in [-0.3, -0.25) is 19.3 Å². The lowest BCUT2D eigenvalue weighted by Crippen LogP contribution is -2.53. The second-order valence-corrected chi connectivity index (χ2v) is 16.6. The third-order valence-corrected chi connectivity index (χ3v) is 13.1. The van der Waals surface area contributed by atoms with Crippen LogP contribution in [0.25, 0.3) is 10.2 Å². The number of cyclic esters (lactones) is 1. The predicted molar refractivity (Wildman–Crippen MR) is 239 cm³/mol. The van der Waals surface area contributed by atoms with E-state index < -0.39 is 53.3 Å². The Bertz CT molecular complexity index is 2880. The fourth-order valence-corrected chi connectivity index (χ4v) is 10.4. The lowest BCUT2D eigenvalue weighted by Gasteiger charge is -2.46. The number of hydrogen-bond acceptors (Lipinski definition) is 10. The first-order valence-corrected chi connectivity index (χ1v) is 21.4. The number of aliphatic hydroxyl groups is 1. The summed E-state index contributed by atoms with van der Waals surface area (Å²) in [5.74, 6) is 4.74. The number of fused-ring (bicyclic) bond motifs is 4. The van der Waals surface area contributed by atoms with Gasteiger partial charge in [0, 0.05) is 16.8 Å².